The molecule has 2 aliphatic rings. The molecule has 120 valence electrons. The molecule has 0 bridgehead atoms. The molecule has 2 amide bonds. The van der Waals surface area contributed by atoms with Crippen molar-refractivity contribution in [1.29, 1.82) is 0 Å². The largest absolute Gasteiger partial charge is 0.379 e. The number of carbonyl (C=O) groups is 2. The van der Waals surface area contributed by atoms with Crippen LogP contribution in [0.5, 0.6) is 0 Å². The van der Waals surface area contributed by atoms with E-state index in [2.05, 4.69) is 10.6 Å². The summed E-state index contributed by atoms with van der Waals surface area (Å²) < 4.78 is 10.8. The number of hydrogen-bond donors (Lipinski definition) is 2. The molecule has 0 aromatic heterocycles. The van der Waals surface area contributed by atoms with E-state index < -0.39 is 6.04 Å². The van der Waals surface area contributed by atoms with Gasteiger partial charge in [0.1, 0.15) is 6.04 Å². The zero-order valence-corrected chi connectivity index (χ0v) is 12.8. The molecule has 2 aliphatic heterocycles. The Labute approximate surface area is 125 Å². The van der Waals surface area contributed by atoms with Gasteiger partial charge < -0.3 is 25.0 Å². The standard InChI is InChI=1S/C14H25N3O4/c1-3-15-11-8-21-7-10(11)14(19)17-5-6-20-9-12(17)13(18)16-4-2/h10-12,15H,3-9H2,1-2H3,(H,16,18). The van der Waals surface area contributed by atoms with Crippen LogP contribution in [0.3, 0.4) is 0 Å². The lowest BCUT2D eigenvalue weighted by atomic mass is 10.00. The van der Waals surface area contributed by atoms with Crippen molar-refractivity contribution in [2.24, 2.45) is 5.92 Å². The smallest absolute Gasteiger partial charge is 0.245 e. The minimum atomic E-state index is -0.533. The van der Waals surface area contributed by atoms with E-state index in [1.165, 1.54) is 0 Å². The number of carbonyl (C=O) groups excluding carboxylic acids is 2. The van der Waals surface area contributed by atoms with E-state index in [9.17, 15) is 9.59 Å². The number of rotatable bonds is 5. The average molecular weight is 299 g/mol. The van der Waals surface area contributed by atoms with Gasteiger partial charge in [-0.05, 0) is 13.5 Å². The molecule has 2 saturated heterocycles. The third kappa shape index (κ3) is 3.72. The predicted molar refractivity (Wildman–Crippen MR) is 76.8 cm³/mol. The average Bonchev–Trinajstić information content (AvgIpc) is 2.95. The molecule has 0 aromatic rings. The summed E-state index contributed by atoms with van der Waals surface area (Å²) in [4.78, 5) is 26.5. The molecular weight excluding hydrogens is 274 g/mol. The Morgan fingerprint density at radius 1 is 1.14 bits per heavy atom. The summed E-state index contributed by atoms with van der Waals surface area (Å²) in [5.41, 5.74) is 0. The number of hydrogen-bond acceptors (Lipinski definition) is 5. The van der Waals surface area contributed by atoms with Gasteiger partial charge in [0.05, 0.1) is 32.3 Å². The van der Waals surface area contributed by atoms with E-state index in [1.807, 2.05) is 13.8 Å². The minimum Gasteiger partial charge on any atom is -0.379 e. The van der Waals surface area contributed by atoms with Crippen LogP contribution in [0.4, 0.5) is 0 Å². The van der Waals surface area contributed by atoms with Gasteiger partial charge in [-0.2, -0.15) is 0 Å². The van der Waals surface area contributed by atoms with Crippen LogP contribution in [-0.4, -0.2) is 74.9 Å². The molecule has 0 spiro atoms. The van der Waals surface area contributed by atoms with Crippen molar-refractivity contribution in [2.45, 2.75) is 25.9 Å². The lowest BCUT2D eigenvalue weighted by Gasteiger charge is -2.36. The summed E-state index contributed by atoms with van der Waals surface area (Å²) in [5.74, 6) is -0.387. The number of nitrogens with zero attached hydrogens (tertiary/aromatic N) is 1. The number of nitrogens with one attached hydrogen (secondary N) is 2. The molecule has 0 aliphatic carbocycles. The summed E-state index contributed by atoms with van der Waals surface area (Å²) in [6, 6.07) is -0.505. The number of ether oxygens (including phenoxy) is 2. The molecule has 3 unspecified atom stereocenters. The molecule has 2 N–H and O–H groups in total. The van der Waals surface area contributed by atoms with E-state index in [1.54, 1.807) is 4.90 Å². The molecule has 21 heavy (non-hydrogen) atoms. The maximum atomic E-state index is 12.8. The SMILES string of the molecule is CCNC(=O)C1COCCN1C(=O)C1COCC1NCC. The van der Waals surface area contributed by atoms with E-state index >= 15 is 0 Å². The quantitative estimate of drug-likeness (QED) is 0.679. The third-order valence-corrected chi connectivity index (χ3v) is 3.93. The van der Waals surface area contributed by atoms with E-state index in [-0.39, 0.29) is 30.4 Å². The summed E-state index contributed by atoms with van der Waals surface area (Å²) in [5, 5.41) is 6.05. The van der Waals surface area contributed by atoms with Crippen molar-refractivity contribution in [3.63, 3.8) is 0 Å². The monoisotopic (exact) mass is 299 g/mol. The van der Waals surface area contributed by atoms with Crippen molar-refractivity contribution in [3.8, 4) is 0 Å². The van der Waals surface area contributed by atoms with Gasteiger partial charge in [-0.3, -0.25) is 9.59 Å². The highest BCUT2D eigenvalue weighted by atomic mass is 16.5. The Bertz CT molecular complexity index is 377. The molecule has 0 aromatic carbocycles. The first-order valence-corrected chi connectivity index (χ1v) is 7.66. The van der Waals surface area contributed by atoms with E-state index in [0.29, 0.717) is 32.9 Å². The van der Waals surface area contributed by atoms with Crippen LogP contribution in [0.25, 0.3) is 0 Å². The lowest BCUT2D eigenvalue weighted by molar-refractivity contribution is -0.151. The fourth-order valence-electron chi connectivity index (χ4n) is 2.85. The summed E-state index contributed by atoms with van der Waals surface area (Å²) in [7, 11) is 0. The fraction of sp³-hybridized carbons (Fsp3) is 0.857. The van der Waals surface area contributed by atoms with Gasteiger partial charge in [-0.1, -0.05) is 6.92 Å². The Morgan fingerprint density at radius 3 is 2.67 bits per heavy atom. The predicted octanol–water partition coefficient (Wildman–Crippen LogP) is -1.03. The van der Waals surface area contributed by atoms with Crippen LogP contribution in [0.1, 0.15) is 13.8 Å². The van der Waals surface area contributed by atoms with Crippen molar-refractivity contribution in [3.05, 3.63) is 0 Å². The Kier molecular flexibility index (Phi) is 5.96. The molecule has 2 fully saturated rings. The van der Waals surface area contributed by atoms with Crippen molar-refractivity contribution >= 4 is 11.8 Å². The molecule has 7 heteroatoms. The van der Waals surface area contributed by atoms with Crippen LogP contribution >= 0.6 is 0 Å². The second-order valence-corrected chi connectivity index (χ2v) is 5.33. The van der Waals surface area contributed by atoms with Gasteiger partial charge >= 0.3 is 0 Å². The molecule has 2 rings (SSSR count). The van der Waals surface area contributed by atoms with Gasteiger partial charge in [0.25, 0.3) is 0 Å². The normalized spacial score (nSPS) is 29.4. The van der Waals surface area contributed by atoms with Crippen LogP contribution in [0.15, 0.2) is 0 Å². The van der Waals surface area contributed by atoms with Gasteiger partial charge in [-0.15, -0.1) is 0 Å². The van der Waals surface area contributed by atoms with Crippen molar-refractivity contribution in [1.82, 2.24) is 15.5 Å². The molecular formula is C14H25N3O4. The first-order chi connectivity index (χ1) is 10.2. The first kappa shape index (κ1) is 16.2. The summed E-state index contributed by atoms with van der Waals surface area (Å²) in [6.45, 7) is 7.35. The minimum absolute atomic E-state index is 0.0157. The first-order valence-electron chi connectivity index (χ1n) is 7.66. The Balaban J connectivity index is 2.05. The van der Waals surface area contributed by atoms with Crippen molar-refractivity contribution in [2.75, 3.05) is 46.1 Å². The second-order valence-electron chi connectivity index (χ2n) is 5.33. The molecule has 7 nitrogen and oxygen atoms in total. The fourth-order valence-corrected chi connectivity index (χ4v) is 2.85. The van der Waals surface area contributed by atoms with Gasteiger partial charge in [0.15, 0.2) is 0 Å². The maximum absolute atomic E-state index is 12.8. The highest BCUT2D eigenvalue weighted by Gasteiger charge is 2.41. The maximum Gasteiger partial charge on any atom is 0.245 e. The zero-order valence-electron chi connectivity index (χ0n) is 12.8. The third-order valence-electron chi connectivity index (χ3n) is 3.93. The lowest BCUT2D eigenvalue weighted by Crippen LogP contribution is -2.58. The molecule has 3 atom stereocenters. The van der Waals surface area contributed by atoms with Gasteiger partial charge in [-0.25, -0.2) is 0 Å². The number of morpholine rings is 1. The van der Waals surface area contributed by atoms with Crippen LogP contribution in [-0.2, 0) is 19.1 Å². The van der Waals surface area contributed by atoms with Gasteiger partial charge in [0, 0.05) is 19.1 Å². The highest BCUT2D eigenvalue weighted by molar-refractivity contribution is 5.89. The van der Waals surface area contributed by atoms with Crippen LogP contribution in [0.2, 0.25) is 0 Å². The van der Waals surface area contributed by atoms with Gasteiger partial charge in [0.2, 0.25) is 11.8 Å². The van der Waals surface area contributed by atoms with Crippen LogP contribution < -0.4 is 10.6 Å². The Morgan fingerprint density at radius 2 is 1.95 bits per heavy atom. The topological polar surface area (TPSA) is 79.9 Å². The van der Waals surface area contributed by atoms with E-state index in [0.717, 1.165) is 6.54 Å². The highest BCUT2D eigenvalue weighted by Crippen LogP contribution is 2.20. The summed E-state index contributed by atoms with van der Waals surface area (Å²) >= 11 is 0. The second kappa shape index (κ2) is 7.72. The number of likely N-dealkylation sites (N-methyl/N-ethyl adjacent to an activating group) is 2. The summed E-state index contributed by atoms with van der Waals surface area (Å²) in [6.07, 6.45) is 0. The zero-order chi connectivity index (χ0) is 15.2. The van der Waals surface area contributed by atoms with E-state index in [4.69, 9.17) is 9.47 Å². The van der Waals surface area contributed by atoms with Crippen LogP contribution in [0, 0.1) is 5.92 Å². The molecule has 2 heterocycles. The van der Waals surface area contributed by atoms with Crippen molar-refractivity contribution < 1.29 is 19.1 Å². The number of amides is 2. The Hall–Kier alpha value is -1.18. The molecule has 0 saturated carbocycles. The molecule has 0 radical (unpaired) electrons.